The Hall–Kier alpha value is -3.38. The molecule has 154 valence electrons. The normalized spacial score (nSPS) is 10.4. The van der Waals surface area contributed by atoms with E-state index >= 15 is 0 Å². The van der Waals surface area contributed by atoms with Gasteiger partial charge < -0.3 is 15.5 Å². The number of carbonyl (C=O) groups excluding carboxylic acids is 2. The van der Waals surface area contributed by atoms with E-state index in [1.54, 1.807) is 43.3 Å². The minimum absolute atomic E-state index is 0.0682. The molecule has 0 bridgehead atoms. The summed E-state index contributed by atoms with van der Waals surface area (Å²) in [5, 5.41) is 6.03. The van der Waals surface area contributed by atoms with Crippen molar-refractivity contribution >= 4 is 40.5 Å². The van der Waals surface area contributed by atoms with Crippen molar-refractivity contribution in [3.63, 3.8) is 0 Å². The third-order valence-electron chi connectivity index (χ3n) is 4.56. The lowest BCUT2D eigenvalue weighted by Gasteiger charge is -2.18. The zero-order valence-electron chi connectivity index (χ0n) is 16.8. The van der Waals surface area contributed by atoms with Gasteiger partial charge in [0.25, 0.3) is 11.8 Å². The maximum absolute atomic E-state index is 13.9. The Balaban J connectivity index is 1.85. The third kappa shape index (κ3) is 4.78. The molecule has 2 N–H and O–H groups in total. The first-order chi connectivity index (χ1) is 14.3. The zero-order valence-corrected chi connectivity index (χ0v) is 17.5. The Morgan fingerprint density at radius 1 is 0.900 bits per heavy atom. The molecule has 0 saturated heterocycles. The number of carbonyl (C=O) groups is 2. The quantitative estimate of drug-likeness (QED) is 0.578. The van der Waals surface area contributed by atoms with E-state index in [1.165, 1.54) is 18.2 Å². The van der Waals surface area contributed by atoms with E-state index in [-0.39, 0.29) is 11.5 Å². The maximum Gasteiger partial charge on any atom is 0.258 e. The first kappa shape index (κ1) is 21.3. The van der Waals surface area contributed by atoms with Crippen LogP contribution in [0.1, 0.15) is 26.3 Å². The molecule has 0 spiro atoms. The maximum atomic E-state index is 13.9. The largest absolute Gasteiger partial charge is 0.376 e. The number of nitrogens with zero attached hydrogens (tertiary/aromatic N) is 1. The predicted molar refractivity (Wildman–Crippen MR) is 119 cm³/mol. The fourth-order valence-electron chi connectivity index (χ4n) is 2.93. The molecule has 0 atom stereocenters. The minimum Gasteiger partial charge on any atom is -0.376 e. The van der Waals surface area contributed by atoms with Gasteiger partial charge in [0, 0.05) is 30.4 Å². The molecule has 0 saturated carbocycles. The standard InChI is InChI=1S/C23H21ClFN3O2/c1-14-8-9-15(12-19(14)26-23(30)17-6-4-5-7-18(17)25)22(29)27-20-13-16(24)10-11-21(20)28(2)3/h4-13H,1-3H3,(H,26,30)(H,27,29). The minimum atomic E-state index is -0.612. The van der Waals surface area contributed by atoms with Crippen molar-refractivity contribution in [1.29, 1.82) is 0 Å². The van der Waals surface area contributed by atoms with E-state index in [9.17, 15) is 14.0 Å². The summed E-state index contributed by atoms with van der Waals surface area (Å²) in [4.78, 5) is 27.1. The van der Waals surface area contributed by atoms with Gasteiger partial charge in [0.1, 0.15) is 5.82 Å². The lowest BCUT2D eigenvalue weighted by molar-refractivity contribution is 0.101. The average Bonchev–Trinajstić information content (AvgIpc) is 2.69. The van der Waals surface area contributed by atoms with Crippen LogP contribution in [0.4, 0.5) is 21.5 Å². The monoisotopic (exact) mass is 425 g/mol. The van der Waals surface area contributed by atoms with E-state index in [2.05, 4.69) is 10.6 Å². The summed E-state index contributed by atoms with van der Waals surface area (Å²) < 4.78 is 13.9. The topological polar surface area (TPSA) is 61.4 Å². The van der Waals surface area contributed by atoms with Crippen molar-refractivity contribution in [3.8, 4) is 0 Å². The second-order valence-corrected chi connectivity index (χ2v) is 7.41. The molecule has 5 nitrogen and oxygen atoms in total. The molecule has 0 radical (unpaired) electrons. The van der Waals surface area contributed by atoms with Crippen molar-refractivity contribution in [3.05, 3.63) is 88.2 Å². The SMILES string of the molecule is Cc1ccc(C(=O)Nc2cc(Cl)ccc2N(C)C)cc1NC(=O)c1ccccc1F. The molecule has 0 aromatic heterocycles. The van der Waals surface area contributed by atoms with Crippen LogP contribution in [0.3, 0.4) is 0 Å². The van der Waals surface area contributed by atoms with Gasteiger partial charge in [-0.2, -0.15) is 0 Å². The second kappa shape index (κ2) is 8.97. The second-order valence-electron chi connectivity index (χ2n) is 6.97. The van der Waals surface area contributed by atoms with Crippen LogP contribution in [0.25, 0.3) is 0 Å². The molecule has 0 fully saturated rings. The Bertz CT molecular complexity index is 1120. The van der Waals surface area contributed by atoms with Crippen LogP contribution in [-0.4, -0.2) is 25.9 Å². The molecule has 30 heavy (non-hydrogen) atoms. The molecule has 0 aliphatic carbocycles. The first-order valence-electron chi connectivity index (χ1n) is 9.21. The highest BCUT2D eigenvalue weighted by atomic mass is 35.5. The molecule has 3 aromatic carbocycles. The number of hydrogen-bond acceptors (Lipinski definition) is 3. The Labute approximate surface area is 179 Å². The molecule has 0 heterocycles. The predicted octanol–water partition coefficient (Wildman–Crippen LogP) is 5.36. The molecule has 0 aliphatic heterocycles. The summed E-state index contributed by atoms with van der Waals surface area (Å²) in [6.07, 6.45) is 0. The number of halogens is 2. The van der Waals surface area contributed by atoms with E-state index in [4.69, 9.17) is 11.6 Å². The van der Waals surface area contributed by atoms with Crippen molar-refractivity contribution in [2.75, 3.05) is 29.6 Å². The van der Waals surface area contributed by atoms with Crippen LogP contribution in [-0.2, 0) is 0 Å². The van der Waals surface area contributed by atoms with Gasteiger partial charge in [-0.25, -0.2) is 4.39 Å². The Morgan fingerprint density at radius 3 is 2.30 bits per heavy atom. The molecular weight excluding hydrogens is 405 g/mol. The highest BCUT2D eigenvalue weighted by molar-refractivity contribution is 6.31. The van der Waals surface area contributed by atoms with Crippen molar-refractivity contribution < 1.29 is 14.0 Å². The van der Waals surface area contributed by atoms with Crippen molar-refractivity contribution in [2.45, 2.75) is 6.92 Å². The Kier molecular flexibility index (Phi) is 6.37. The van der Waals surface area contributed by atoms with Gasteiger partial charge in [0.15, 0.2) is 0 Å². The molecular formula is C23H21ClFN3O2. The summed E-state index contributed by atoms with van der Waals surface area (Å²) in [6, 6.07) is 15.9. The molecule has 0 unspecified atom stereocenters. The molecule has 7 heteroatoms. The zero-order chi connectivity index (χ0) is 21.8. The number of amides is 2. The van der Waals surface area contributed by atoms with E-state index in [1.807, 2.05) is 25.1 Å². The summed E-state index contributed by atoms with van der Waals surface area (Å²) in [7, 11) is 3.72. The third-order valence-corrected chi connectivity index (χ3v) is 4.79. The van der Waals surface area contributed by atoms with Gasteiger partial charge in [0.2, 0.25) is 0 Å². The van der Waals surface area contributed by atoms with Crippen LogP contribution < -0.4 is 15.5 Å². The van der Waals surface area contributed by atoms with E-state index in [0.29, 0.717) is 22.0 Å². The molecule has 3 aromatic rings. The number of hydrogen-bond donors (Lipinski definition) is 2. The van der Waals surface area contributed by atoms with Gasteiger partial charge >= 0.3 is 0 Å². The van der Waals surface area contributed by atoms with Crippen LogP contribution in [0.15, 0.2) is 60.7 Å². The van der Waals surface area contributed by atoms with Gasteiger partial charge in [-0.1, -0.05) is 29.8 Å². The number of anilines is 3. The number of nitrogens with one attached hydrogen (secondary N) is 2. The van der Waals surface area contributed by atoms with Crippen molar-refractivity contribution in [1.82, 2.24) is 0 Å². The van der Waals surface area contributed by atoms with Crippen LogP contribution in [0.2, 0.25) is 5.02 Å². The van der Waals surface area contributed by atoms with Gasteiger partial charge in [-0.05, 0) is 55.0 Å². The van der Waals surface area contributed by atoms with E-state index < -0.39 is 11.7 Å². The lowest BCUT2D eigenvalue weighted by atomic mass is 10.1. The first-order valence-corrected chi connectivity index (χ1v) is 9.59. The fourth-order valence-corrected chi connectivity index (χ4v) is 3.10. The van der Waals surface area contributed by atoms with Gasteiger partial charge in [0.05, 0.1) is 16.9 Å². The van der Waals surface area contributed by atoms with Crippen LogP contribution in [0, 0.1) is 12.7 Å². The van der Waals surface area contributed by atoms with Crippen LogP contribution >= 0.6 is 11.6 Å². The summed E-state index contributed by atoms with van der Waals surface area (Å²) >= 11 is 6.08. The van der Waals surface area contributed by atoms with Gasteiger partial charge in [-0.15, -0.1) is 0 Å². The summed E-state index contributed by atoms with van der Waals surface area (Å²) in [5.41, 5.74) is 2.81. The number of benzene rings is 3. The molecule has 3 rings (SSSR count). The van der Waals surface area contributed by atoms with E-state index in [0.717, 1.165) is 11.3 Å². The smallest absolute Gasteiger partial charge is 0.258 e. The van der Waals surface area contributed by atoms with Crippen molar-refractivity contribution in [2.24, 2.45) is 0 Å². The highest BCUT2D eigenvalue weighted by Gasteiger charge is 2.15. The number of rotatable bonds is 5. The molecule has 2 amide bonds. The average molecular weight is 426 g/mol. The van der Waals surface area contributed by atoms with Gasteiger partial charge in [-0.3, -0.25) is 9.59 Å². The summed E-state index contributed by atoms with van der Waals surface area (Å²) in [6.45, 7) is 1.79. The highest BCUT2D eigenvalue weighted by Crippen LogP contribution is 2.28. The lowest BCUT2D eigenvalue weighted by Crippen LogP contribution is -2.18. The summed E-state index contributed by atoms with van der Waals surface area (Å²) in [5.74, 6) is -1.56. The molecule has 0 aliphatic rings. The van der Waals surface area contributed by atoms with Crippen LogP contribution in [0.5, 0.6) is 0 Å². The number of aryl methyl sites for hydroxylation is 1. The fraction of sp³-hybridized carbons (Fsp3) is 0.130. The Morgan fingerprint density at radius 2 is 1.60 bits per heavy atom.